The lowest BCUT2D eigenvalue weighted by Gasteiger charge is -2.23. The van der Waals surface area contributed by atoms with Gasteiger partial charge in [-0.05, 0) is 68.0 Å². The zero-order valence-electron chi connectivity index (χ0n) is 17.4. The van der Waals surface area contributed by atoms with Crippen LogP contribution in [-0.2, 0) is 21.2 Å². The third-order valence-corrected chi connectivity index (χ3v) is 5.86. The van der Waals surface area contributed by atoms with Crippen LogP contribution in [0.1, 0.15) is 42.0 Å². The number of rotatable bonds is 8. The highest BCUT2D eigenvalue weighted by Gasteiger charge is 2.18. The van der Waals surface area contributed by atoms with Crippen LogP contribution in [0.3, 0.4) is 0 Å². The first kappa shape index (κ1) is 22.0. The number of hydrogen-bond acceptors (Lipinski definition) is 3. The monoisotopic (exact) mass is 402 g/mol. The Kier molecular flexibility index (Phi) is 7.24. The summed E-state index contributed by atoms with van der Waals surface area (Å²) in [5.74, 6) is -0.0992. The van der Waals surface area contributed by atoms with Crippen LogP contribution in [0, 0.1) is 20.8 Å². The molecule has 2 rings (SSSR count). The summed E-state index contributed by atoms with van der Waals surface area (Å²) in [5.41, 5.74) is 5.65. The van der Waals surface area contributed by atoms with Crippen LogP contribution in [0.4, 0.5) is 11.4 Å². The van der Waals surface area contributed by atoms with Crippen molar-refractivity contribution in [3.05, 3.63) is 58.7 Å². The van der Waals surface area contributed by atoms with E-state index in [0.717, 1.165) is 34.4 Å². The first-order chi connectivity index (χ1) is 13.1. The van der Waals surface area contributed by atoms with Gasteiger partial charge in [0.15, 0.2) is 0 Å². The minimum atomic E-state index is -3.42. The minimum absolute atomic E-state index is 0.0992. The molecule has 6 heteroatoms. The molecule has 0 aliphatic carbocycles. The molecule has 0 unspecified atom stereocenters. The van der Waals surface area contributed by atoms with E-state index in [-0.39, 0.29) is 18.9 Å². The largest absolute Gasteiger partial charge is 0.326 e. The van der Waals surface area contributed by atoms with Crippen molar-refractivity contribution in [1.29, 1.82) is 0 Å². The molecule has 0 saturated carbocycles. The Hall–Kier alpha value is -2.34. The molecule has 5 nitrogen and oxygen atoms in total. The molecule has 152 valence electrons. The molecule has 1 amide bonds. The Bertz CT molecular complexity index is 932. The van der Waals surface area contributed by atoms with Gasteiger partial charge < -0.3 is 5.32 Å². The molecule has 0 atom stereocenters. The summed E-state index contributed by atoms with van der Waals surface area (Å²) < 4.78 is 25.9. The van der Waals surface area contributed by atoms with E-state index in [4.69, 9.17) is 0 Å². The summed E-state index contributed by atoms with van der Waals surface area (Å²) in [6, 6.07) is 11.7. The number of sulfonamides is 1. The highest BCUT2D eigenvalue weighted by atomic mass is 32.2. The molecule has 0 radical (unpaired) electrons. The Balaban J connectivity index is 2.06. The van der Waals surface area contributed by atoms with Crippen LogP contribution >= 0.6 is 0 Å². The summed E-state index contributed by atoms with van der Waals surface area (Å²) in [5, 5.41) is 2.99. The van der Waals surface area contributed by atoms with E-state index in [1.165, 1.54) is 10.6 Å². The second-order valence-corrected chi connectivity index (χ2v) is 9.20. The SMILES string of the molecule is CCc1cccc(C)c1NC(=O)CCCN(c1cc(C)cc(C)c1)S(C)(=O)=O. The molecule has 2 aromatic carbocycles. The fraction of sp³-hybridized carbons (Fsp3) is 0.409. The third kappa shape index (κ3) is 5.83. The quantitative estimate of drug-likeness (QED) is 0.713. The predicted octanol–water partition coefficient (Wildman–Crippen LogP) is 4.36. The van der Waals surface area contributed by atoms with Crippen molar-refractivity contribution in [3.63, 3.8) is 0 Å². The standard InChI is InChI=1S/C22H30N2O3S/c1-6-19-10-7-9-18(4)22(19)23-21(25)11-8-12-24(28(5,26)27)20-14-16(2)13-17(3)15-20/h7,9-10,13-15H,6,8,11-12H2,1-5H3,(H,23,25). The number of carbonyl (C=O) groups is 1. The van der Waals surface area contributed by atoms with E-state index in [0.29, 0.717) is 12.1 Å². The van der Waals surface area contributed by atoms with Gasteiger partial charge in [-0.25, -0.2) is 8.42 Å². The van der Waals surface area contributed by atoms with Gasteiger partial charge in [-0.15, -0.1) is 0 Å². The molecular formula is C22H30N2O3S. The number of aryl methyl sites for hydroxylation is 4. The molecular weight excluding hydrogens is 372 g/mol. The van der Waals surface area contributed by atoms with Gasteiger partial charge in [0.25, 0.3) is 0 Å². The maximum absolute atomic E-state index is 12.4. The molecule has 28 heavy (non-hydrogen) atoms. The normalized spacial score (nSPS) is 11.3. The highest BCUT2D eigenvalue weighted by Crippen LogP contribution is 2.23. The van der Waals surface area contributed by atoms with Crippen LogP contribution in [0.5, 0.6) is 0 Å². The summed E-state index contributed by atoms with van der Waals surface area (Å²) in [7, 11) is -3.42. The lowest BCUT2D eigenvalue weighted by molar-refractivity contribution is -0.116. The molecule has 0 saturated heterocycles. The Labute approximate surface area is 168 Å². The Morgan fingerprint density at radius 1 is 1.07 bits per heavy atom. The van der Waals surface area contributed by atoms with Gasteiger partial charge in [-0.2, -0.15) is 0 Å². The van der Waals surface area contributed by atoms with E-state index in [1.807, 2.05) is 57.2 Å². The predicted molar refractivity (Wildman–Crippen MR) is 117 cm³/mol. The average Bonchev–Trinajstić information content (AvgIpc) is 2.58. The number of nitrogens with zero attached hydrogens (tertiary/aromatic N) is 1. The topological polar surface area (TPSA) is 66.5 Å². The van der Waals surface area contributed by atoms with Gasteiger partial charge in [0.2, 0.25) is 15.9 Å². The van der Waals surface area contributed by atoms with Crippen LogP contribution in [-0.4, -0.2) is 27.1 Å². The second-order valence-electron chi connectivity index (χ2n) is 7.30. The maximum Gasteiger partial charge on any atom is 0.232 e. The summed E-state index contributed by atoms with van der Waals surface area (Å²) in [4.78, 5) is 12.4. The van der Waals surface area contributed by atoms with Crippen molar-refractivity contribution in [2.45, 2.75) is 47.0 Å². The third-order valence-electron chi connectivity index (χ3n) is 4.66. The maximum atomic E-state index is 12.4. The summed E-state index contributed by atoms with van der Waals surface area (Å²) in [6.45, 7) is 8.18. The zero-order chi connectivity index (χ0) is 20.9. The highest BCUT2D eigenvalue weighted by molar-refractivity contribution is 7.92. The molecule has 0 spiro atoms. The van der Waals surface area contributed by atoms with Gasteiger partial charge in [0.1, 0.15) is 0 Å². The van der Waals surface area contributed by atoms with Crippen molar-refractivity contribution < 1.29 is 13.2 Å². The molecule has 1 N–H and O–H groups in total. The van der Waals surface area contributed by atoms with E-state index >= 15 is 0 Å². The Morgan fingerprint density at radius 2 is 1.71 bits per heavy atom. The number of carbonyl (C=O) groups excluding carboxylic acids is 1. The molecule has 0 aliphatic rings. The number of hydrogen-bond donors (Lipinski definition) is 1. The molecule has 0 heterocycles. The van der Waals surface area contributed by atoms with Crippen LogP contribution < -0.4 is 9.62 Å². The fourth-order valence-corrected chi connectivity index (χ4v) is 4.32. The summed E-state index contributed by atoms with van der Waals surface area (Å²) in [6.07, 6.45) is 2.74. The van der Waals surface area contributed by atoms with Crippen molar-refractivity contribution in [1.82, 2.24) is 0 Å². The van der Waals surface area contributed by atoms with Gasteiger partial charge >= 0.3 is 0 Å². The second kappa shape index (κ2) is 9.24. The van der Waals surface area contributed by atoms with Crippen LogP contribution in [0.2, 0.25) is 0 Å². The van der Waals surface area contributed by atoms with Crippen LogP contribution in [0.15, 0.2) is 36.4 Å². The van der Waals surface area contributed by atoms with Gasteiger partial charge in [0, 0.05) is 18.7 Å². The first-order valence-electron chi connectivity index (χ1n) is 9.56. The minimum Gasteiger partial charge on any atom is -0.326 e. The smallest absolute Gasteiger partial charge is 0.232 e. The molecule has 0 aliphatic heterocycles. The molecule has 0 bridgehead atoms. The summed E-state index contributed by atoms with van der Waals surface area (Å²) >= 11 is 0. The van der Waals surface area contributed by atoms with E-state index in [9.17, 15) is 13.2 Å². The average molecular weight is 403 g/mol. The van der Waals surface area contributed by atoms with Gasteiger partial charge in [0.05, 0.1) is 11.9 Å². The number of amides is 1. The van der Waals surface area contributed by atoms with Gasteiger partial charge in [-0.1, -0.05) is 31.2 Å². The van der Waals surface area contributed by atoms with Gasteiger partial charge in [-0.3, -0.25) is 9.10 Å². The molecule has 2 aromatic rings. The zero-order valence-corrected chi connectivity index (χ0v) is 18.2. The van der Waals surface area contributed by atoms with Crippen LogP contribution in [0.25, 0.3) is 0 Å². The van der Waals surface area contributed by atoms with E-state index in [1.54, 1.807) is 0 Å². The Morgan fingerprint density at radius 3 is 2.29 bits per heavy atom. The molecule has 0 fully saturated rings. The van der Waals surface area contributed by atoms with E-state index < -0.39 is 10.0 Å². The van der Waals surface area contributed by atoms with Crippen molar-refractivity contribution in [2.75, 3.05) is 22.4 Å². The lowest BCUT2D eigenvalue weighted by atomic mass is 10.1. The number of anilines is 2. The van der Waals surface area contributed by atoms with Crippen molar-refractivity contribution in [2.24, 2.45) is 0 Å². The van der Waals surface area contributed by atoms with Crippen molar-refractivity contribution >= 4 is 27.3 Å². The number of nitrogens with one attached hydrogen (secondary N) is 1. The van der Waals surface area contributed by atoms with Crippen molar-refractivity contribution in [3.8, 4) is 0 Å². The first-order valence-corrected chi connectivity index (χ1v) is 11.4. The van der Waals surface area contributed by atoms with E-state index in [2.05, 4.69) is 12.2 Å². The fourth-order valence-electron chi connectivity index (χ4n) is 3.37. The number of benzene rings is 2. The lowest BCUT2D eigenvalue weighted by Crippen LogP contribution is -2.31. The number of para-hydroxylation sites is 1. The molecule has 0 aromatic heterocycles.